The van der Waals surface area contributed by atoms with E-state index in [1.54, 1.807) is 48.5 Å². The maximum absolute atomic E-state index is 12.7. The number of benzene rings is 10. The molecule has 10 aromatic rings. The number of carbonyl (C=O) groups is 6. The van der Waals surface area contributed by atoms with Gasteiger partial charge in [0, 0.05) is 49.5 Å². The Morgan fingerprint density at radius 3 is 0.934 bits per heavy atom. The van der Waals surface area contributed by atoms with E-state index in [2.05, 4.69) is 24.3 Å². The van der Waals surface area contributed by atoms with Gasteiger partial charge in [0.15, 0.2) is 1.41 Å². The van der Waals surface area contributed by atoms with Crippen LogP contribution in [0.5, 0.6) is 0 Å². The third-order valence-electron chi connectivity index (χ3n) is 12.0. The highest BCUT2D eigenvalue weighted by Gasteiger charge is 2.34. The van der Waals surface area contributed by atoms with Crippen molar-refractivity contribution in [1.82, 2.24) is 14.9 Å². The number of carbonyl (C=O) groups excluding carboxylic acids is 6. The SMILES string of the molecule is CC.CC.[2H]N1C(=O)c2ccc3c4ccc5c6c(ccc(c7ccc(c2c37)C1=O)c64)C(=O)N([B])C5=O.[B]N1C(=O)c2ccc3c4cccc5cccc(c6ccc(c2c36)C1=O)c54. The van der Waals surface area contributed by atoms with E-state index >= 15 is 0 Å². The van der Waals surface area contributed by atoms with E-state index in [1.807, 2.05) is 64.1 Å². The number of fused-ring (bicyclic) bond motifs is 4. The summed E-state index contributed by atoms with van der Waals surface area (Å²) in [5.41, 5.74) is 2.27. The second kappa shape index (κ2) is 13.4. The number of hydrogen-bond acceptors (Lipinski definition) is 6. The minimum Gasteiger partial charge on any atom is -0.332 e. The molecule has 0 fully saturated rings. The van der Waals surface area contributed by atoms with Gasteiger partial charge in [0.1, 0.15) is 0 Å². The lowest BCUT2D eigenvalue weighted by molar-refractivity contribution is 0.0710. The first-order chi connectivity index (χ1) is 30.1. The number of nitrogens with zero attached hydrogens (tertiary/aromatic N) is 2. The van der Waals surface area contributed by atoms with Crippen molar-refractivity contribution in [3.8, 4) is 0 Å². The van der Waals surface area contributed by atoms with Crippen LogP contribution in [0.3, 0.4) is 0 Å². The zero-order valence-corrected chi connectivity index (χ0v) is 33.3. The van der Waals surface area contributed by atoms with Crippen LogP contribution < -0.4 is 5.31 Å². The van der Waals surface area contributed by atoms with Crippen LogP contribution in [0.15, 0.2) is 109 Å². The third-order valence-corrected chi connectivity index (χ3v) is 12.0. The minimum absolute atomic E-state index is 0.299. The largest absolute Gasteiger partial charge is 0.332 e. The van der Waals surface area contributed by atoms with E-state index in [1.165, 1.54) is 10.8 Å². The second-order valence-corrected chi connectivity index (χ2v) is 14.6. The molecule has 0 bridgehead atoms. The van der Waals surface area contributed by atoms with E-state index in [0.717, 1.165) is 59.2 Å². The summed E-state index contributed by atoms with van der Waals surface area (Å²) >= 11 is 0. The van der Waals surface area contributed by atoms with Crippen molar-refractivity contribution in [3.05, 3.63) is 143 Å². The smallest absolute Gasteiger partial charge is 0.258 e. The van der Waals surface area contributed by atoms with Gasteiger partial charge >= 0.3 is 0 Å². The quantitative estimate of drug-likeness (QED) is 0.0707. The maximum Gasteiger partial charge on any atom is 0.258 e. The summed E-state index contributed by atoms with van der Waals surface area (Å²) in [4.78, 5) is 77.1. The summed E-state index contributed by atoms with van der Waals surface area (Å²) in [7, 11) is 11.4. The number of rotatable bonds is 0. The van der Waals surface area contributed by atoms with Gasteiger partial charge in [-0.2, -0.15) is 0 Å². The van der Waals surface area contributed by atoms with Gasteiger partial charge in [-0.3, -0.25) is 34.1 Å². The van der Waals surface area contributed by atoms with Gasteiger partial charge in [-0.15, -0.1) is 0 Å². The first-order valence-corrected chi connectivity index (χ1v) is 20.0. The van der Waals surface area contributed by atoms with Crippen LogP contribution in [0.25, 0.3) is 86.2 Å². The van der Waals surface area contributed by atoms with Gasteiger partial charge in [-0.1, -0.05) is 100 Å². The molecule has 3 aliphatic rings. The van der Waals surface area contributed by atoms with Crippen molar-refractivity contribution in [2.24, 2.45) is 0 Å². The lowest BCUT2D eigenvalue weighted by atomic mass is 9.82. The molecule has 4 radical (unpaired) electrons. The van der Waals surface area contributed by atoms with Crippen LogP contribution in [0.1, 0.15) is 89.8 Å². The van der Waals surface area contributed by atoms with Gasteiger partial charge < -0.3 is 9.62 Å². The van der Waals surface area contributed by atoms with Crippen molar-refractivity contribution in [2.75, 3.05) is 0 Å². The Labute approximate surface area is 351 Å². The standard InChI is InChI=1S/C24H9BN2O4.C22H10BNO2.2C2H6/c25-27-23(30)15-7-3-11-9-1-5-13-19-14(22(29)26-21(13)28)6-2-10(17(9)19)12-4-8-16(24(27)31)20(15)18(11)12;23-24-21(25)16-9-7-14-12-5-1-3-11-4-2-6-13(18(11)12)15-8-10-17(22(24)26)20(16)19(14)15;2*1-2/h1-8H,(H,26,28,29);1-10H;2*1-2H3/i/hD. The zero-order valence-electron chi connectivity index (χ0n) is 34.3. The summed E-state index contributed by atoms with van der Waals surface area (Å²) in [5, 5.41) is 14.6. The lowest BCUT2D eigenvalue weighted by Gasteiger charge is -2.27. The van der Waals surface area contributed by atoms with Crippen molar-refractivity contribution >= 4 is 138 Å². The molecule has 0 saturated heterocycles. The Hall–Kier alpha value is -7.65. The molecule has 3 aliphatic heterocycles. The van der Waals surface area contributed by atoms with Crippen LogP contribution in [0, 0.1) is 0 Å². The molecule has 10 aromatic carbocycles. The molecule has 6 amide bonds. The van der Waals surface area contributed by atoms with Gasteiger partial charge in [-0.25, -0.2) is 0 Å². The molecular weight excluding hydrogens is 760 g/mol. The maximum atomic E-state index is 12.7. The molecule has 3 heterocycles. The van der Waals surface area contributed by atoms with Crippen LogP contribution in [-0.4, -0.2) is 61.0 Å². The van der Waals surface area contributed by atoms with E-state index in [0.29, 0.717) is 64.5 Å². The van der Waals surface area contributed by atoms with E-state index < -0.39 is 35.4 Å². The fourth-order valence-corrected chi connectivity index (χ4v) is 9.61. The summed E-state index contributed by atoms with van der Waals surface area (Å²) < 4.78 is 7.84. The summed E-state index contributed by atoms with van der Waals surface area (Å²) in [6, 6.07) is 33.8. The fourth-order valence-electron chi connectivity index (χ4n) is 9.61. The monoisotopic (exact) mass is 792 g/mol. The molecule has 0 spiro atoms. The fraction of sp³-hybridized carbons (Fsp3) is 0.0800. The predicted octanol–water partition coefficient (Wildman–Crippen LogP) is 9.77. The Kier molecular flexibility index (Phi) is 8.03. The summed E-state index contributed by atoms with van der Waals surface area (Å²) in [5.74, 6) is -3.36. The Morgan fingerprint density at radius 1 is 0.361 bits per heavy atom. The number of amides is 6. The van der Waals surface area contributed by atoms with Crippen LogP contribution >= 0.6 is 0 Å². The van der Waals surface area contributed by atoms with Crippen molar-refractivity contribution in [1.29, 1.82) is 0 Å². The zero-order chi connectivity index (χ0) is 43.6. The van der Waals surface area contributed by atoms with Gasteiger partial charge in [0.05, 0.1) is 0 Å². The van der Waals surface area contributed by atoms with E-state index in [-0.39, 0.29) is 0 Å². The summed E-state index contributed by atoms with van der Waals surface area (Å²) in [6.07, 6.45) is 0. The van der Waals surface area contributed by atoms with Crippen molar-refractivity contribution in [2.45, 2.75) is 27.7 Å². The molecular formula is C50H31B2N3O6. The molecule has 288 valence electrons. The van der Waals surface area contributed by atoms with Crippen LogP contribution in [0.4, 0.5) is 0 Å². The highest BCUT2D eigenvalue weighted by Crippen LogP contribution is 2.46. The average molecular weight is 792 g/mol. The predicted molar refractivity (Wildman–Crippen MR) is 242 cm³/mol. The highest BCUT2D eigenvalue weighted by molar-refractivity contribution is 6.45. The number of hydrogen-bond donors (Lipinski definition) is 1. The first kappa shape index (κ1) is 36.4. The van der Waals surface area contributed by atoms with Gasteiger partial charge in [0.2, 0.25) is 39.6 Å². The molecule has 61 heavy (non-hydrogen) atoms. The van der Waals surface area contributed by atoms with E-state index in [4.69, 9.17) is 17.4 Å². The molecule has 9 nitrogen and oxygen atoms in total. The van der Waals surface area contributed by atoms with Gasteiger partial charge in [-0.05, 0) is 106 Å². The number of imide groups is 3. The van der Waals surface area contributed by atoms with Crippen LogP contribution in [-0.2, 0) is 0 Å². The van der Waals surface area contributed by atoms with E-state index in [9.17, 15) is 28.8 Å². The first-order valence-electron chi connectivity index (χ1n) is 20.5. The lowest BCUT2D eigenvalue weighted by Crippen LogP contribution is -2.38. The second-order valence-electron chi connectivity index (χ2n) is 14.6. The van der Waals surface area contributed by atoms with Crippen molar-refractivity contribution in [3.63, 3.8) is 0 Å². The molecule has 0 atom stereocenters. The molecule has 0 aliphatic carbocycles. The number of nitrogens with one attached hydrogen (secondary N) is 1. The average Bonchev–Trinajstić information content (AvgIpc) is 3.32. The Morgan fingerprint density at radius 2 is 0.623 bits per heavy atom. The molecule has 1 N–H and O–H groups in total. The third kappa shape index (κ3) is 4.80. The minimum atomic E-state index is -0.665. The normalized spacial score (nSPS) is 14.7. The Bertz CT molecular complexity index is 3370. The molecule has 0 aromatic heterocycles. The molecule has 11 heteroatoms. The van der Waals surface area contributed by atoms with Gasteiger partial charge in [0.25, 0.3) is 11.8 Å². The van der Waals surface area contributed by atoms with Crippen molar-refractivity contribution < 1.29 is 30.2 Å². The van der Waals surface area contributed by atoms with Crippen LogP contribution in [0.2, 0.25) is 1.41 Å². The topological polar surface area (TPSA) is 121 Å². The summed E-state index contributed by atoms with van der Waals surface area (Å²) in [6.45, 7) is 8.00. The molecule has 0 saturated carbocycles. The Balaban J connectivity index is 0.000000139. The molecule has 0 unspecified atom stereocenters. The highest BCUT2D eigenvalue weighted by atomic mass is 16.2. The molecule has 13 rings (SSSR count).